The van der Waals surface area contributed by atoms with Gasteiger partial charge in [-0.1, -0.05) is 12.1 Å². The lowest BCUT2D eigenvalue weighted by Crippen LogP contribution is -2.20. The summed E-state index contributed by atoms with van der Waals surface area (Å²) < 4.78 is 27.6. The highest BCUT2D eigenvalue weighted by molar-refractivity contribution is 5.80. The van der Waals surface area contributed by atoms with Gasteiger partial charge in [0.25, 0.3) is 5.91 Å². The quantitative estimate of drug-likeness (QED) is 0.783. The summed E-state index contributed by atoms with van der Waals surface area (Å²) in [4.78, 5) is 10.6. The van der Waals surface area contributed by atoms with Gasteiger partial charge in [-0.15, -0.1) is 0 Å². The van der Waals surface area contributed by atoms with Crippen molar-refractivity contribution in [1.29, 1.82) is 0 Å². The molecule has 1 rings (SSSR count). The fourth-order valence-electron chi connectivity index (χ4n) is 0.996. The molecule has 6 heteroatoms. The van der Waals surface area contributed by atoms with Gasteiger partial charge in [0, 0.05) is 0 Å². The van der Waals surface area contributed by atoms with Gasteiger partial charge in [0.2, 0.25) is 0 Å². The highest BCUT2D eigenvalue weighted by atomic mass is 19.3. The number of carbonyl (C=O) groups is 1. The predicted octanol–water partition coefficient (Wildman–Crippen LogP) is 0.807. The van der Waals surface area contributed by atoms with Crippen molar-refractivity contribution in [2.75, 3.05) is 0 Å². The van der Waals surface area contributed by atoms with E-state index >= 15 is 0 Å². The summed E-state index contributed by atoms with van der Waals surface area (Å²) in [5.41, 5.74) is 5.07. The zero-order valence-corrected chi connectivity index (χ0v) is 7.56. The molecule has 0 aliphatic carbocycles. The number of aliphatic hydroxyl groups excluding tert-OH is 1. The largest absolute Gasteiger partial charge is 0.435 e. The van der Waals surface area contributed by atoms with Gasteiger partial charge in [-0.2, -0.15) is 8.78 Å². The Hall–Kier alpha value is -1.69. The lowest BCUT2D eigenvalue weighted by Gasteiger charge is -2.08. The summed E-state index contributed by atoms with van der Waals surface area (Å²) in [6.45, 7) is -2.91. The van der Waals surface area contributed by atoms with Crippen molar-refractivity contribution in [2.45, 2.75) is 12.7 Å². The third-order valence-corrected chi connectivity index (χ3v) is 1.69. The number of alkyl halides is 2. The minimum absolute atomic E-state index is 0.0505. The van der Waals surface area contributed by atoms with Gasteiger partial charge in [-0.25, -0.2) is 0 Å². The minimum atomic E-state index is -2.91. The Balaban J connectivity index is 2.76. The van der Waals surface area contributed by atoms with Crippen LogP contribution in [0, 0.1) is 0 Å². The van der Waals surface area contributed by atoms with Gasteiger partial charge >= 0.3 is 6.61 Å². The first-order valence-corrected chi connectivity index (χ1v) is 4.03. The number of rotatable bonds is 4. The molecule has 0 fully saturated rings. The number of nitrogens with two attached hydrogens (primary N) is 1. The second kappa shape index (κ2) is 4.70. The van der Waals surface area contributed by atoms with E-state index in [0.29, 0.717) is 0 Å². The highest BCUT2D eigenvalue weighted by Crippen LogP contribution is 2.18. The number of amides is 1. The standard InChI is InChI=1S/C9H9F2NO3/c10-9(11)15-6-3-1-5(2-4-6)7(13)8(12)14/h1-4,7,9,13H,(H2,12,14)/t7-/m0/s1. The van der Waals surface area contributed by atoms with E-state index in [-0.39, 0.29) is 11.3 Å². The van der Waals surface area contributed by atoms with Crippen LogP contribution in [0.3, 0.4) is 0 Å². The molecule has 0 bridgehead atoms. The fraction of sp³-hybridized carbons (Fsp3) is 0.222. The molecule has 0 unspecified atom stereocenters. The van der Waals surface area contributed by atoms with Crippen LogP contribution in [-0.4, -0.2) is 17.6 Å². The second-order valence-corrected chi connectivity index (χ2v) is 2.75. The Morgan fingerprint density at radius 2 is 1.87 bits per heavy atom. The summed E-state index contributed by atoms with van der Waals surface area (Å²) in [6, 6.07) is 5.00. The molecule has 0 saturated carbocycles. The average molecular weight is 217 g/mol. The molecule has 0 radical (unpaired) electrons. The molecule has 1 amide bonds. The predicted molar refractivity (Wildman–Crippen MR) is 47.2 cm³/mol. The normalized spacial score (nSPS) is 12.5. The third-order valence-electron chi connectivity index (χ3n) is 1.69. The molecule has 4 nitrogen and oxygen atoms in total. The van der Waals surface area contributed by atoms with Crippen molar-refractivity contribution in [3.8, 4) is 5.75 Å². The molecule has 1 atom stereocenters. The van der Waals surface area contributed by atoms with Crippen LogP contribution in [-0.2, 0) is 4.79 Å². The number of ether oxygens (including phenoxy) is 1. The third kappa shape index (κ3) is 3.17. The van der Waals surface area contributed by atoms with E-state index in [1.807, 2.05) is 0 Å². The van der Waals surface area contributed by atoms with E-state index in [1.54, 1.807) is 0 Å². The van der Waals surface area contributed by atoms with Crippen LogP contribution in [0.5, 0.6) is 5.75 Å². The van der Waals surface area contributed by atoms with Crippen molar-refractivity contribution < 1.29 is 23.4 Å². The Morgan fingerprint density at radius 3 is 2.27 bits per heavy atom. The number of hydrogen-bond donors (Lipinski definition) is 2. The summed E-state index contributed by atoms with van der Waals surface area (Å²) >= 11 is 0. The van der Waals surface area contributed by atoms with E-state index < -0.39 is 18.6 Å². The fourth-order valence-corrected chi connectivity index (χ4v) is 0.996. The maximum absolute atomic E-state index is 11.8. The Bertz CT molecular complexity index is 340. The molecule has 1 aromatic carbocycles. The molecule has 0 spiro atoms. The first-order valence-electron chi connectivity index (χ1n) is 4.03. The van der Waals surface area contributed by atoms with Crippen molar-refractivity contribution in [2.24, 2.45) is 5.73 Å². The first kappa shape index (κ1) is 11.4. The minimum Gasteiger partial charge on any atom is -0.435 e. The van der Waals surface area contributed by atoms with Crippen LogP contribution in [0.15, 0.2) is 24.3 Å². The maximum atomic E-state index is 11.8. The summed E-state index contributed by atoms with van der Waals surface area (Å²) in [7, 11) is 0. The molecule has 0 aliphatic rings. The topological polar surface area (TPSA) is 72.6 Å². The molecule has 15 heavy (non-hydrogen) atoms. The second-order valence-electron chi connectivity index (χ2n) is 2.75. The zero-order valence-electron chi connectivity index (χ0n) is 7.56. The van der Waals surface area contributed by atoms with Crippen molar-refractivity contribution in [3.63, 3.8) is 0 Å². The summed E-state index contributed by atoms with van der Waals surface area (Å²) in [5, 5.41) is 9.21. The van der Waals surface area contributed by atoms with Crippen molar-refractivity contribution in [1.82, 2.24) is 0 Å². The van der Waals surface area contributed by atoms with Crippen molar-refractivity contribution in [3.05, 3.63) is 29.8 Å². The summed E-state index contributed by atoms with van der Waals surface area (Å²) in [5.74, 6) is -0.956. The van der Waals surface area contributed by atoms with Crippen molar-refractivity contribution >= 4 is 5.91 Å². The van der Waals surface area contributed by atoms with Gasteiger partial charge in [0.15, 0.2) is 6.10 Å². The van der Waals surface area contributed by atoms with Crippen LogP contribution in [0.4, 0.5) is 8.78 Å². The van der Waals surface area contributed by atoms with Crippen LogP contribution < -0.4 is 10.5 Å². The number of halogens is 2. The molecule has 0 aliphatic heterocycles. The van der Waals surface area contributed by atoms with Gasteiger partial charge in [0.1, 0.15) is 5.75 Å². The van der Waals surface area contributed by atoms with E-state index in [4.69, 9.17) is 5.73 Å². The number of aliphatic hydroxyl groups is 1. The molecule has 0 saturated heterocycles. The Labute approximate surface area is 84.3 Å². The first-order chi connectivity index (χ1) is 7.00. The molecule has 0 heterocycles. The maximum Gasteiger partial charge on any atom is 0.387 e. The molecule has 0 aromatic heterocycles. The van der Waals surface area contributed by atoms with Gasteiger partial charge in [-0.05, 0) is 17.7 Å². The number of benzene rings is 1. The Kier molecular flexibility index (Phi) is 3.56. The smallest absolute Gasteiger partial charge is 0.387 e. The lowest BCUT2D eigenvalue weighted by atomic mass is 10.1. The van der Waals surface area contributed by atoms with E-state index in [2.05, 4.69) is 4.74 Å². The zero-order chi connectivity index (χ0) is 11.4. The van der Waals surface area contributed by atoms with Crippen LogP contribution in [0.1, 0.15) is 11.7 Å². The lowest BCUT2D eigenvalue weighted by molar-refractivity contribution is -0.126. The molecule has 82 valence electrons. The van der Waals surface area contributed by atoms with Gasteiger partial charge in [0.05, 0.1) is 0 Å². The highest BCUT2D eigenvalue weighted by Gasteiger charge is 2.13. The number of carbonyl (C=O) groups excluding carboxylic acids is 1. The monoisotopic (exact) mass is 217 g/mol. The van der Waals surface area contributed by atoms with Gasteiger partial charge in [-0.3, -0.25) is 4.79 Å². The van der Waals surface area contributed by atoms with E-state index in [0.717, 1.165) is 0 Å². The van der Waals surface area contributed by atoms with E-state index in [9.17, 15) is 18.7 Å². The molecule has 1 aromatic rings. The number of hydrogen-bond acceptors (Lipinski definition) is 3. The van der Waals surface area contributed by atoms with Crippen LogP contribution in [0.25, 0.3) is 0 Å². The Morgan fingerprint density at radius 1 is 1.33 bits per heavy atom. The SMILES string of the molecule is NC(=O)[C@@H](O)c1ccc(OC(F)F)cc1. The van der Waals surface area contributed by atoms with Crippen LogP contribution >= 0.6 is 0 Å². The average Bonchev–Trinajstić information content (AvgIpc) is 2.17. The molecular weight excluding hydrogens is 208 g/mol. The molecule has 3 N–H and O–H groups in total. The van der Waals surface area contributed by atoms with Gasteiger partial charge < -0.3 is 15.6 Å². The van der Waals surface area contributed by atoms with E-state index in [1.165, 1.54) is 24.3 Å². The molecular formula is C9H9F2NO3. The number of primary amides is 1. The van der Waals surface area contributed by atoms with Crippen LogP contribution in [0.2, 0.25) is 0 Å². The summed E-state index contributed by atoms with van der Waals surface area (Å²) in [6.07, 6.45) is -1.44.